The number of methoxy groups -OCH3 is 1. The van der Waals surface area contributed by atoms with Crippen molar-refractivity contribution in [1.82, 2.24) is 9.80 Å². The third-order valence-electron chi connectivity index (χ3n) is 5.01. The minimum atomic E-state index is 0.505. The van der Waals surface area contributed by atoms with Crippen LogP contribution in [0.2, 0.25) is 0 Å². The summed E-state index contributed by atoms with van der Waals surface area (Å²) in [4.78, 5) is 5.34. The maximum atomic E-state index is 5.24. The molecule has 0 aliphatic carbocycles. The summed E-state index contributed by atoms with van der Waals surface area (Å²) in [5.74, 6) is 0.943. The summed E-state index contributed by atoms with van der Waals surface area (Å²) in [6, 6.07) is 9.85. The number of piperidine rings is 1. The molecule has 2 unspecified atom stereocenters. The van der Waals surface area contributed by atoms with E-state index in [4.69, 9.17) is 4.74 Å². The first-order valence-electron chi connectivity index (χ1n) is 7.90. The van der Waals surface area contributed by atoms with Crippen molar-refractivity contribution in [1.29, 1.82) is 0 Å². The van der Waals surface area contributed by atoms with Crippen LogP contribution in [-0.2, 0) is 0 Å². The van der Waals surface area contributed by atoms with Gasteiger partial charge in [0, 0.05) is 31.7 Å². The molecule has 0 radical (unpaired) electrons. The highest BCUT2D eigenvalue weighted by atomic mass is 16.5. The Morgan fingerprint density at radius 1 is 1.10 bits per heavy atom. The van der Waals surface area contributed by atoms with Gasteiger partial charge in [-0.15, -0.1) is 0 Å². The van der Waals surface area contributed by atoms with Crippen LogP contribution in [0, 0.1) is 0 Å². The van der Waals surface area contributed by atoms with E-state index in [2.05, 4.69) is 41.0 Å². The fourth-order valence-electron chi connectivity index (χ4n) is 3.63. The zero-order valence-corrected chi connectivity index (χ0v) is 12.7. The zero-order chi connectivity index (χ0) is 13.9. The van der Waals surface area contributed by atoms with Gasteiger partial charge in [-0.25, -0.2) is 0 Å². The Labute approximate surface area is 122 Å². The zero-order valence-electron chi connectivity index (χ0n) is 12.7. The maximum absolute atomic E-state index is 5.24. The highest BCUT2D eigenvalue weighted by Crippen LogP contribution is 2.28. The van der Waals surface area contributed by atoms with Gasteiger partial charge >= 0.3 is 0 Å². The van der Waals surface area contributed by atoms with Crippen molar-refractivity contribution >= 4 is 0 Å². The molecule has 2 aliphatic rings. The van der Waals surface area contributed by atoms with E-state index in [0.29, 0.717) is 6.04 Å². The van der Waals surface area contributed by atoms with Gasteiger partial charge in [0.15, 0.2) is 0 Å². The molecule has 2 heterocycles. The largest absolute Gasteiger partial charge is 0.497 e. The maximum Gasteiger partial charge on any atom is 0.118 e. The molecule has 0 amide bonds. The van der Waals surface area contributed by atoms with Gasteiger partial charge in [-0.3, -0.25) is 9.80 Å². The lowest BCUT2D eigenvalue weighted by Gasteiger charge is -2.46. The minimum Gasteiger partial charge on any atom is -0.497 e. The van der Waals surface area contributed by atoms with Gasteiger partial charge in [-0.05, 0) is 44.0 Å². The molecule has 110 valence electrons. The van der Waals surface area contributed by atoms with E-state index in [1.54, 1.807) is 7.11 Å². The Bertz CT molecular complexity index is 431. The summed E-state index contributed by atoms with van der Waals surface area (Å²) in [5, 5.41) is 0. The molecule has 1 aromatic carbocycles. The molecule has 0 aromatic heterocycles. The molecule has 1 aromatic rings. The van der Waals surface area contributed by atoms with Gasteiger partial charge in [0.1, 0.15) is 5.75 Å². The lowest BCUT2D eigenvalue weighted by atomic mass is 9.97. The first-order valence-corrected chi connectivity index (χ1v) is 7.90. The number of rotatable bonds is 3. The van der Waals surface area contributed by atoms with E-state index >= 15 is 0 Å². The van der Waals surface area contributed by atoms with Crippen LogP contribution in [0.5, 0.6) is 5.75 Å². The van der Waals surface area contributed by atoms with Crippen molar-refractivity contribution in [2.24, 2.45) is 0 Å². The average Bonchev–Trinajstić information content (AvgIpc) is 2.54. The molecule has 0 saturated carbocycles. The predicted octanol–water partition coefficient (Wildman–Crippen LogP) is 2.93. The number of ether oxygens (including phenoxy) is 1. The fourth-order valence-corrected chi connectivity index (χ4v) is 3.63. The van der Waals surface area contributed by atoms with Crippen LogP contribution in [0.4, 0.5) is 0 Å². The molecule has 2 aliphatic heterocycles. The molecular formula is C17H26N2O. The van der Waals surface area contributed by atoms with Crippen LogP contribution in [0.15, 0.2) is 24.3 Å². The lowest BCUT2D eigenvalue weighted by molar-refractivity contribution is 0.0307. The topological polar surface area (TPSA) is 15.7 Å². The number of hydrogen-bond donors (Lipinski definition) is 0. The first-order chi connectivity index (χ1) is 9.78. The fraction of sp³-hybridized carbons (Fsp3) is 0.647. The van der Waals surface area contributed by atoms with E-state index in [1.165, 1.54) is 51.0 Å². The summed E-state index contributed by atoms with van der Waals surface area (Å²) < 4.78 is 5.24. The van der Waals surface area contributed by atoms with Crippen LogP contribution in [0.1, 0.15) is 37.8 Å². The third kappa shape index (κ3) is 2.84. The Morgan fingerprint density at radius 3 is 2.65 bits per heavy atom. The van der Waals surface area contributed by atoms with Crippen molar-refractivity contribution in [2.45, 2.75) is 38.3 Å². The Hall–Kier alpha value is -1.06. The van der Waals surface area contributed by atoms with Crippen LogP contribution >= 0.6 is 0 Å². The second-order valence-electron chi connectivity index (χ2n) is 6.13. The molecule has 20 heavy (non-hydrogen) atoms. The summed E-state index contributed by atoms with van der Waals surface area (Å²) in [6.07, 6.45) is 4.18. The van der Waals surface area contributed by atoms with Gasteiger partial charge < -0.3 is 4.74 Å². The molecule has 0 bridgehead atoms. The number of benzene rings is 1. The van der Waals surface area contributed by atoms with Crippen molar-refractivity contribution in [3.8, 4) is 5.75 Å². The monoisotopic (exact) mass is 274 g/mol. The molecule has 2 fully saturated rings. The van der Waals surface area contributed by atoms with Crippen molar-refractivity contribution < 1.29 is 4.74 Å². The second kappa shape index (κ2) is 6.15. The quantitative estimate of drug-likeness (QED) is 0.843. The minimum absolute atomic E-state index is 0.505. The molecule has 0 N–H and O–H groups in total. The second-order valence-corrected chi connectivity index (χ2v) is 6.13. The number of piperazine rings is 1. The van der Waals surface area contributed by atoms with E-state index in [0.717, 1.165) is 11.8 Å². The summed E-state index contributed by atoms with van der Waals surface area (Å²) in [5.41, 5.74) is 1.40. The van der Waals surface area contributed by atoms with Crippen molar-refractivity contribution in [2.75, 3.05) is 33.3 Å². The van der Waals surface area contributed by atoms with Crippen LogP contribution in [-0.4, -0.2) is 49.1 Å². The average molecular weight is 274 g/mol. The Balaban J connectivity index is 1.65. The molecule has 3 nitrogen and oxygen atoms in total. The normalized spacial score (nSPS) is 26.0. The van der Waals surface area contributed by atoms with Gasteiger partial charge in [-0.2, -0.15) is 0 Å². The van der Waals surface area contributed by atoms with Gasteiger partial charge in [0.25, 0.3) is 0 Å². The SMILES string of the molecule is COc1ccc(C(C)N2CCN3CCCCC3C2)cc1. The van der Waals surface area contributed by atoms with E-state index < -0.39 is 0 Å². The molecule has 0 spiro atoms. The summed E-state index contributed by atoms with van der Waals surface area (Å²) in [7, 11) is 1.72. The number of hydrogen-bond acceptors (Lipinski definition) is 3. The standard InChI is InChI=1S/C17H26N2O/c1-14(15-6-8-17(20-2)9-7-15)19-12-11-18-10-4-3-5-16(18)13-19/h6-9,14,16H,3-5,10-13H2,1-2H3. The summed E-state index contributed by atoms with van der Waals surface area (Å²) in [6.45, 7) is 7.32. The van der Waals surface area contributed by atoms with Crippen LogP contribution < -0.4 is 4.74 Å². The highest BCUT2D eigenvalue weighted by Gasteiger charge is 2.31. The van der Waals surface area contributed by atoms with Crippen molar-refractivity contribution in [3.63, 3.8) is 0 Å². The number of nitrogens with zero attached hydrogens (tertiary/aromatic N) is 2. The predicted molar refractivity (Wildman–Crippen MR) is 82.2 cm³/mol. The number of fused-ring (bicyclic) bond motifs is 1. The Morgan fingerprint density at radius 2 is 1.90 bits per heavy atom. The van der Waals surface area contributed by atoms with E-state index in [9.17, 15) is 0 Å². The van der Waals surface area contributed by atoms with Crippen LogP contribution in [0.25, 0.3) is 0 Å². The third-order valence-corrected chi connectivity index (χ3v) is 5.01. The molecule has 2 saturated heterocycles. The first kappa shape index (κ1) is 13.9. The van der Waals surface area contributed by atoms with E-state index in [1.807, 2.05) is 0 Å². The molecule has 2 atom stereocenters. The molecular weight excluding hydrogens is 248 g/mol. The highest BCUT2D eigenvalue weighted by molar-refractivity contribution is 5.29. The Kier molecular flexibility index (Phi) is 4.27. The smallest absolute Gasteiger partial charge is 0.118 e. The summed E-state index contributed by atoms with van der Waals surface area (Å²) >= 11 is 0. The van der Waals surface area contributed by atoms with Crippen LogP contribution in [0.3, 0.4) is 0 Å². The van der Waals surface area contributed by atoms with E-state index in [-0.39, 0.29) is 0 Å². The van der Waals surface area contributed by atoms with Gasteiger partial charge in [0.05, 0.1) is 7.11 Å². The van der Waals surface area contributed by atoms with Gasteiger partial charge in [0.2, 0.25) is 0 Å². The van der Waals surface area contributed by atoms with Gasteiger partial charge in [-0.1, -0.05) is 18.6 Å². The van der Waals surface area contributed by atoms with Crippen molar-refractivity contribution in [3.05, 3.63) is 29.8 Å². The molecule has 3 heteroatoms. The molecule has 3 rings (SSSR count). The lowest BCUT2D eigenvalue weighted by Crippen LogP contribution is -2.55.